The van der Waals surface area contributed by atoms with Crippen LogP contribution in [0.25, 0.3) is 0 Å². The van der Waals surface area contributed by atoms with Gasteiger partial charge >= 0.3 is 5.97 Å². The molecule has 1 heterocycles. The lowest BCUT2D eigenvalue weighted by Crippen LogP contribution is -2.48. The molecule has 0 radical (unpaired) electrons. The SMILES string of the molecule is CC.CCOC(=O)C1CC2CC2N1C(=O)CNC(=O)CCCOCCOC. The summed E-state index contributed by atoms with van der Waals surface area (Å²) < 4.78 is 15.2. The van der Waals surface area contributed by atoms with Crippen molar-refractivity contribution >= 4 is 17.8 Å². The second-order valence-electron chi connectivity index (χ2n) is 6.35. The third-order valence-electron chi connectivity index (χ3n) is 4.51. The van der Waals surface area contributed by atoms with Crippen molar-refractivity contribution in [1.82, 2.24) is 10.2 Å². The maximum atomic E-state index is 12.4. The molecule has 2 aliphatic rings. The number of carbonyl (C=O) groups is 3. The fourth-order valence-corrected chi connectivity index (χ4v) is 3.20. The smallest absolute Gasteiger partial charge is 0.328 e. The molecule has 2 amide bonds. The fourth-order valence-electron chi connectivity index (χ4n) is 3.20. The van der Waals surface area contributed by atoms with Crippen molar-refractivity contribution < 1.29 is 28.6 Å². The number of ether oxygens (including phenoxy) is 3. The van der Waals surface area contributed by atoms with E-state index in [2.05, 4.69) is 5.32 Å². The molecule has 1 aliphatic heterocycles. The summed E-state index contributed by atoms with van der Waals surface area (Å²) in [5, 5.41) is 2.63. The minimum atomic E-state index is -0.498. The number of esters is 1. The number of nitrogens with one attached hydrogen (secondary N) is 1. The zero-order valence-corrected chi connectivity index (χ0v) is 17.0. The average molecular weight is 386 g/mol. The van der Waals surface area contributed by atoms with E-state index in [0.29, 0.717) is 51.6 Å². The van der Waals surface area contributed by atoms with Gasteiger partial charge in [0.05, 0.1) is 26.4 Å². The molecular formula is C19H34N2O6. The van der Waals surface area contributed by atoms with Crippen LogP contribution in [0, 0.1) is 5.92 Å². The molecule has 2 fully saturated rings. The lowest BCUT2D eigenvalue weighted by atomic mass is 10.1. The molecular weight excluding hydrogens is 352 g/mol. The molecule has 3 unspecified atom stereocenters. The first-order valence-corrected chi connectivity index (χ1v) is 9.89. The lowest BCUT2D eigenvalue weighted by Gasteiger charge is -2.26. The van der Waals surface area contributed by atoms with E-state index in [4.69, 9.17) is 14.2 Å². The largest absolute Gasteiger partial charge is 0.464 e. The number of piperidine rings is 1. The number of carbonyl (C=O) groups excluding carboxylic acids is 3. The molecule has 1 aliphatic carbocycles. The van der Waals surface area contributed by atoms with Gasteiger partial charge in [-0.1, -0.05) is 13.8 Å². The average Bonchev–Trinajstić information content (AvgIpc) is 3.34. The number of likely N-dealkylation sites (tertiary alicyclic amines) is 1. The summed E-state index contributed by atoms with van der Waals surface area (Å²) in [7, 11) is 1.60. The first-order valence-electron chi connectivity index (χ1n) is 9.89. The van der Waals surface area contributed by atoms with Crippen LogP contribution in [-0.2, 0) is 28.6 Å². The summed E-state index contributed by atoms with van der Waals surface area (Å²) in [6, 6.07) is -0.365. The van der Waals surface area contributed by atoms with Gasteiger partial charge in [-0.15, -0.1) is 0 Å². The van der Waals surface area contributed by atoms with Crippen molar-refractivity contribution in [3.8, 4) is 0 Å². The first-order chi connectivity index (χ1) is 13.1. The van der Waals surface area contributed by atoms with E-state index in [0.717, 1.165) is 6.42 Å². The third kappa shape index (κ3) is 7.46. The van der Waals surface area contributed by atoms with Crippen LogP contribution in [0.3, 0.4) is 0 Å². The van der Waals surface area contributed by atoms with Crippen LogP contribution < -0.4 is 5.32 Å². The lowest BCUT2D eigenvalue weighted by molar-refractivity contribution is -0.153. The van der Waals surface area contributed by atoms with E-state index in [-0.39, 0.29) is 30.4 Å². The highest BCUT2D eigenvalue weighted by molar-refractivity contribution is 5.89. The second kappa shape index (κ2) is 12.7. The minimum Gasteiger partial charge on any atom is -0.464 e. The Balaban J connectivity index is 0.00000176. The van der Waals surface area contributed by atoms with Crippen LogP contribution in [0.1, 0.15) is 46.5 Å². The van der Waals surface area contributed by atoms with Crippen molar-refractivity contribution in [3.05, 3.63) is 0 Å². The van der Waals surface area contributed by atoms with E-state index < -0.39 is 6.04 Å². The van der Waals surface area contributed by atoms with Gasteiger partial charge in [0.25, 0.3) is 0 Å². The molecule has 156 valence electrons. The number of amides is 2. The van der Waals surface area contributed by atoms with Gasteiger partial charge in [0.1, 0.15) is 6.04 Å². The predicted molar refractivity (Wildman–Crippen MR) is 100 cm³/mol. The van der Waals surface area contributed by atoms with Crippen molar-refractivity contribution in [2.45, 2.75) is 58.5 Å². The summed E-state index contributed by atoms with van der Waals surface area (Å²) >= 11 is 0. The number of fused-ring (bicyclic) bond motifs is 1. The van der Waals surface area contributed by atoms with Gasteiger partial charge in [0.2, 0.25) is 11.8 Å². The minimum absolute atomic E-state index is 0.0809. The van der Waals surface area contributed by atoms with Crippen LogP contribution in [-0.4, -0.2) is 74.8 Å². The highest BCUT2D eigenvalue weighted by atomic mass is 16.5. The monoisotopic (exact) mass is 386 g/mol. The third-order valence-corrected chi connectivity index (χ3v) is 4.51. The zero-order chi connectivity index (χ0) is 20.2. The number of rotatable bonds is 11. The number of hydrogen-bond donors (Lipinski definition) is 1. The van der Waals surface area contributed by atoms with Gasteiger partial charge in [-0.3, -0.25) is 9.59 Å². The molecule has 0 aromatic carbocycles. The van der Waals surface area contributed by atoms with Crippen LogP contribution in [0.5, 0.6) is 0 Å². The van der Waals surface area contributed by atoms with E-state index >= 15 is 0 Å². The molecule has 1 saturated heterocycles. The van der Waals surface area contributed by atoms with Crippen LogP contribution in [0.4, 0.5) is 0 Å². The second-order valence-corrected chi connectivity index (χ2v) is 6.35. The Morgan fingerprint density at radius 2 is 1.85 bits per heavy atom. The topological polar surface area (TPSA) is 94.2 Å². The highest BCUT2D eigenvalue weighted by Gasteiger charge is 2.56. The van der Waals surface area contributed by atoms with Crippen molar-refractivity contribution in [1.29, 1.82) is 0 Å². The number of hydrogen-bond acceptors (Lipinski definition) is 6. The molecule has 27 heavy (non-hydrogen) atoms. The summed E-state index contributed by atoms with van der Waals surface area (Å²) in [5.41, 5.74) is 0. The van der Waals surface area contributed by atoms with E-state index in [1.165, 1.54) is 0 Å². The molecule has 2 rings (SSSR count). The Hall–Kier alpha value is -1.67. The molecule has 0 aromatic heterocycles. The van der Waals surface area contributed by atoms with Gasteiger partial charge < -0.3 is 24.4 Å². The summed E-state index contributed by atoms with van der Waals surface area (Å²) in [6.45, 7) is 7.48. The standard InChI is InChI=1S/C17H28N2O6.C2H6/c1-3-25-17(22)14-10-12-9-13(12)19(14)16(21)11-18-15(20)5-4-6-24-8-7-23-2;1-2/h12-14H,3-11H2,1-2H3,(H,18,20);1-2H3. The summed E-state index contributed by atoms with van der Waals surface area (Å²) in [4.78, 5) is 37.8. The Bertz CT molecular complexity index is 485. The molecule has 0 aromatic rings. The Morgan fingerprint density at radius 3 is 2.52 bits per heavy atom. The van der Waals surface area contributed by atoms with Crippen LogP contribution in [0.15, 0.2) is 0 Å². The molecule has 0 bridgehead atoms. The van der Waals surface area contributed by atoms with Crippen LogP contribution >= 0.6 is 0 Å². The fraction of sp³-hybridized carbons (Fsp3) is 0.842. The van der Waals surface area contributed by atoms with E-state index in [1.54, 1.807) is 18.9 Å². The van der Waals surface area contributed by atoms with Gasteiger partial charge in [-0.2, -0.15) is 0 Å². The molecule has 1 saturated carbocycles. The van der Waals surface area contributed by atoms with Gasteiger partial charge in [-0.05, 0) is 32.1 Å². The Morgan fingerprint density at radius 1 is 1.11 bits per heavy atom. The van der Waals surface area contributed by atoms with Crippen molar-refractivity contribution in [3.63, 3.8) is 0 Å². The van der Waals surface area contributed by atoms with Gasteiger partial charge in [0.15, 0.2) is 0 Å². The maximum absolute atomic E-state index is 12.4. The molecule has 0 spiro atoms. The maximum Gasteiger partial charge on any atom is 0.328 e. The Labute approximate surface area is 161 Å². The Kier molecular flexibility index (Phi) is 11.0. The predicted octanol–water partition coefficient (Wildman–Crippen LogP) is 1.12. The van der Waals surface area contributed by atoms with E-state index in [9.17, 15) is 14.4 Å². The molecule has 1 N–H and O–H groups in total. The van der Waals surface area contributed by atoms with Crippen molar-refractivity contribution in [2.75, 3.05) is 40.1 Å². The first kappa shape index (κ1) is 23.4. The molecule has 8 heteroatoms. The zero-order valence-electron chi connectivity index (χ0n) is 17.0. The van der Waals surface area contributed by atoms with Crippen LogP contribution in [0.2, 0.25) is 0 Å². The van der Waals surface area contributed by atoms with E-state index in [1.807, 2.05) is 13.8 Å². The normalized spacial score (nSPS) is 22.4. The number of methoxy groups -OCH3 is 1. The highest BCUT2D eigenvalue weighted by Crippen LogP contribution is 2.48. The number of nitrogens with zero attached hydrogens (tertiary/aromatic N) is 1. The summed E-state index contributed by atoms with van der Waals surface area (Å²) in [5.74, 6) is -0.350. The van der Waals surface area contributed by atoms with Gasteiger partial charge in [-0.25, -0.2) is 4.79 Å². The van der Waals surface area contributed by atoms with Crippen molar-refractivity contribution in [2.24, 2.45) is 5.92 Å². The molecule has 8 nitrogen and oxygen atoms in total. The molecule has 3 atom stereocenters. The quantitative estimate of drug-likeness (QED) is 0.422. The van der Waals surface area contributed by atoms with Gasteiger partial charge in [0, 0.05) is 26.2 Å². The summed E-state index contributed by atoms with van der Waals surface area (Å²) in [6.07, 6.45) is 2.49.